The third kappa shape index (κ3) is 3.07. The summed E-state index contributed by atoms with van der Waals surface area (Å²) in [5, 5.41) is 3.20. The van der Waals surface area contributed by atoms with Crippen molar-refractivity contribution in [2.24, 2.45) is 0 Å². The van der Waals surface area contributed by atoms with E-state index in [-0.39, 0.29) is 0 Å². The number of halogens is 2. The summed E-state index contributed by atoms with van der Waals surface area (Å²) in [5.74, 6) is 1.73. The second-order valence-corrected chi connectivity index (χ2v) is 5.26. The highest BCUT2D eigenvalue weighted by atomic mass is 79.9. The molecular formula is C13H12BrFN4. The molecule has 6 heteroatoms. The molecule has 0 bridgehead atoms. The van der Waals surface area contributed by atoms with Gasteiger partial charge in [-0.05, 0) is 40.9 Å². The monoisotopic (exact) mass is 322 g/mol. The molecule has 0 radical (unpaired) electrons. The summed E-state index contributed by atoms with van der Waals surface area (Å²) in [7, 11) is 0. The van der Waals surface area contributed by atoms with E-state index >= 15 is 0 Å². The summed E-state index contributed by atoms with van der Waals surface area (Å²) in [6.45, 7) is 0.537. The molecule has 1 aliphatic carbocycles. The van der Waals surface area contributed by atoms with Crippen LogP contribution in [0.4, 0.5) is 10.2 Å². The number of aromatic nitrogens is 3. The second-order valence-electron chi connectivity index (χ2n) is 4.51. The van der Waals surface area contributed by atoms with E-state index in [0.717, 1.165) is 17.2 Å². The van der Waals surface area contributed by atoms with Crippen molar-refractivity contribution in [3.63, 3.8) is 0 Å². The van der Waals surface area contributed by atoms with Gasteiger partial charge in [0.2, 0.25) is 5.95 Å². The number of anilines is 1. The molecule has 1 saturated carbocycles. The van der Waals surface area contributed by atoms with E-state index in [9.17, 15) is 4.39 Å². The molecule has 3 rings (SSSR count). The van der Waals surface area contributed by atoms with Crippen LogP contribution in [0.3, 0.4) is 0 Å². The van der Waals surface area contributed by atoms with Gasteiger partial charge >= 0.3 is 0 Å². The first kappa shape index (κ1) is 12.5. The highest BCUT2D eigenvalue weighted by Gasteiger charge is 2.26. The topological polar surface area (TPSA) is 50.7 Å². The first-order chi connectivity index (χ1) is 9.22. The van der Waals surface area contributed by atoms with E-state index in [1.165, 1.54) is 18.9 Å². The minimum Gasteiger partial charge on any atom is -0.366 e. The number of nitrogens with zero attached hydrogens (tertiary/aromatic N) is 3. The van der Waals surface area contributed by atoms with Crippen LogP contribution in [0.25, 0.3) is 0 Å². The van der Waals surface area contributed by atoms with Crippen LogP contribution in [0.5, 0.6) is 0 Å². The number of rotatable bonds is 4. The minimum atomic E-state index is -0.492. The summed E-state index contributed by atoms with van der Waals surface area (Å²) in [4.78, 5) is 12.4. The summed E-state index contributed by atoms with van der Waals surface area (Å²) in [6, 6.07) is 4.87. The number of hydrogen-bond donors (Lipinski definition) is 1. The predicted octanol–water partition coefficient (Wildman–Crippen LogP) is 3.26. The van der Waals surface area contributed by atoms with E-state index in [1.807, 2.05) is 6.07 Å². The molecule has 0 unspecified atom stereocenters. The lowest BCUT2D eigenvalue weighted by Crippen LogP contribution is -2.05. The van der Waals surface area contributed by atoms with Gasteiger partial charge in [-0.1, -0.05) is 6.07 Å². The molecule has 4 nitrogen and oxygen atoms in total. The Balaban J connectivity index is 1.69. The highest BCUT2D eigenvalue weighted by Crippen LogP contribution is 2.38. The van der Waals surface area contributed by atoms with Crippen molar-refractivity contribution in [1.82, 2.24) is 15.0 Å². The average Bonchev–Trinajstić information content (AvgIpc) is 3.22. The molecular weight excluding hydrogens is 311 g/mol. The third-order valence-corrected chi connectivity index (χ3v) is 3.66. The van der Waals surface area contributed by atoms with Crippen molar-refractivity contribution >= 4 is 21.7 Å². The van der Waals surface area contributed by atoms with Gasteiger partial charge in [-0.3, -0.25) is 0 Å². The Morgan fingerprint density at radius 2 is 2.11 bits per heavy atom. The van der Waals surface area contributed by atoms with Crippen LogP contribution in [-0.4, -0.2) is 15.0 Å². The lowest BCUT2D eigenvalue weighted by molar-refractivity contribution is 0.579. The molecule has 0 aromatic carbocycles. The largest absolute Gasteiger partial charge is 0.366 e. The highest BCUT2D eigenvalue weighted by molar-refractivity contribution is 9.10. The summed E-state index contributed by atoms with van der Waals surface area (Å²) in [6.07, 6.45) is 4.12. The maximum atomic E-state index is 12.9. The third-order valence-electron chi connectivity index (χ3n) is 2.97. The molecule has 98 valence electrons. The summed E-state index contributed by atoms with van der Waals surface area (Å²) < 4.78 is 13.4. The smallest absolute Gasteiger partial charge is 0.213 e. The fourth-order valence-electron chi connectivity index (χ4n) is 1.77. The molecule has 0 atom stereocenters. The lowest BCUT2D eigenvalue weighted by Gasteiger charge is -2.07. The van der Waals surface area contributed by atoms with Crippen LogP contribution in [0, 0.1) is 5.95 Å². The first-order valence-electron chi connectivity index (χ1n) is 6.10. The van der Waals surface area contributed by atoms with Crippen molar-refractivity contribution < 1.29 is 4.39 Å². The Labute approximate surface area is 118 Å². The normalized spacial score (nSPS) is 14.4. The molecule has 1 aliphatic rings. The van der Waals surface area contributed by atoms with Crippen LogP contribution < -0.4 is 5.32 Å². The van der Waals surface area contributed by atoms with Gasteiger partial charge in [0.05, 0.1) is 0 Å². The molecule has 0 spiro atoms. The predicted molar refractivity (Wildman–Crippen MR) is 73.2 cm³/mol. The molecule has 2 aromatic rings. The van der Waals surface area contributed by atoms with Crippen molar-refractivity contribution in [3.8, 4) is 0 Å². The molecule has 2 aromatic heterocycles. The number of pyridine rings is 1. The zero-order valence-electron chi connectivity index (χ0n) is 10.1. The van der Waals surface area contributed by atoms with Gasteiger partial charge in [-0.25, -0.2) is 15.0 Å². The first-order valence-corrected chi connectivity index (χ1v) is 6.89. The van der Waals surface area contributed by atoms with Gasteiger partial charge in [-0.15, -0.1) is 0 Å². The Morgan fingerprint density at radius 3 is 2.84 bits per heavy atom. The summed E-state index contributed by atoms with van der Waals surface area (Å²) in [5.41, 5.74) is 0.882. The molecule has 0 amide bonds. The molecule has 19 heavy (non-hydrogen) atoms. The van der Waals surface area contributed by atoms with E-state index in [0.29, 0.717) is 17.1 Å². The van der Waals surface area contributed by atoms with Crippen LogP contribution in [-0.2, 0) is 6.54 Å². The molecule has 2 heterocycles. The quantitative estimate of drug-likeness (QED) is 0.878. The van der Waals surface area contributed by atoms with Gasteiger partial charge in [0.15, 0.2) is 0 Å². The maximum Gasteiger partial charge on any atom is 0.213 e. The van der Waals surface area contributed by atoms with Gasteiger partial charge in [-0.2, -0.15) is 4.39 Å². The second kappa shape index (κ2) is 5.21. The zero-order chi connectivity index (χ0) is 13.2. The van der Waals surface area contributed by atoms with Crippen molar-refractivity contribution in [2.45, 2.75) is 25.3 Å². The van der Waals surface area contributed by atoms with Crippen LogP contribution >= 0.6 is 15.9 Å². The standard InChI is InChI=1S/C13H12BrFN4/c14-12-9(3-4-10(15)18-12)7-17-11-5-6-16-13(19-11)8-1-2-8/h3-6,8H,1-2,7H2,(H,16,17,19). The van der Waals surface area contributed by atoms with E-state index in [1.54, 1.807) is 12.3 Å². The Hall–Kier alpha value is -1.56. The van der Waals surface area contributed by atoms with Gasteiger partial charge in [0.1, 0.15) is 16.2 Å². The number of nitrogens with one attached hydrogen (secondary N) is 1. The van der Waals surface area contributed by atoms with E-state index in [4.69, 9.17) is 0 Å². The molecule has 0 aliphatic heterocycles. The van der Waals surface area contributed by atoms with Crippen LogP contribution in [0.2, 0.25) is 0 Å². The van der Waals surface area contributed by atoms with Crippen LogP contribution in [0.15, 0.2) is 29.0 Å². The fourth-order valence-corrected chi connectivity index (χ4v) is 2.21. The molecule has 1 fully saturated rings. The summed E-state index contributed by atoms with van der Waals surface area (Å²) >= 11 is 3.24. The number of hydrogen-bond acceptors (Lipinski definition) is 4. The van der Waals surface area contributed by atoms with Crippen LogP contribution in [0.1, 0.15) is 30.1 Å². The molecule has 1 N–H and O–H groups in total. The Bertz CT molecular complexity index is 601. The van der Waals surface area contributed by atoms with Gasteiger partial charge < -0.3 is 5.32 Å². The zero-order valence-corrected chi connectivity index (χ0v) is 11.7. The van der Waals surface area contributed by atoms with Crippen molar-refractivity contribution in [3.05, 3.63) is 46.3 Å². The minimum absolute atomic E-state index is 0.492. The van der Waals surface area contributed by atoms with Gasteiger partial charge in [0, 0.05) is 24.2 Å². The van der Waals surface area contributed by atoms with E-state index < -0.39 is 5.95 Å². The van der Waals surface area contributed by atoms with Crippen molar-refractivity contribution in [2.75, 3.05) is 5.32 Å². The lowest BCUT2D eigenvalue weighted by atomic mass is 10.3. The van der Waals surface area contributed by atoms with Gasteiger partial charge in [0.25, 0.3) is 0 Å². The van der Waals surface area contributed by atoms with E-state index in [2.05, 4.69) is 36.2 Å². The molecule has 0 saturated heterocycles. The maximum absolute atomic E-state index is 12.9. The fraction of sp³-hybridized carbons (Fsp3) is 0.308. The van der Waals surface area contributed by atoms with Crippen molar-refractivity contribution in [1.29, 1.82) is 0 Å². The average molecular weight is 323 g/mol. The Morgan fingerprint density at radius 1 is 1.26 bits per heavy atom. The Kier molecular flexibility index (Phi) is 3.42. The SMILES string of the molecule is Fc1ccc(CNc2ccnc(C3CC3)n2)c(Br)n1.